The molecule has 1 fully saturated rings. The first-order valence-corrected chi connectivity index (χ1v) is 8.90. The summed E-state index contributed by atoms with van der Waals surface area (Å²) in [6.45, 7) is 2.09. The number of benzene rings is 2. The van der Waals surface area contributed by atoms with E-state index in [0.717, 1.165) is 43.4 Å². The van der Waals surface area contributed by atoms with Crippen molar-refractivity contribution in [2.75, 3.05) is 11.9 Å². The Balaban J connectivity index is 1.39. The second-order valence-electron chi connectivity index (χ2n) is 6.68. The first-order valence-electron chi connectivity index (χ1n) is 8.90. The Labute approximate surface area is 148 Å². The zero-order chi connectivity index (χ0) is 17.6. The Bertz CT molecular complexity index is 723. The summed E-state index contributed by atoms with van der Waals surface area (Å²) in [7, 11) is 0. The SMILES string of the molecule is CC(=O)Nc1ccc(CCCCOc2cc(F)cc(C3CC3)c2)cc1. The Hall–Kier alpha value is -2.36. The van der Waals surface area contributed by atoms with Crippen LogP contribution in [0.5, 0.6) is 5.75 Å². The molecule has 1 aliphatic rings. The monoisotopic (exact) mass is 341 g/mol. The first-order chi connectivity index (χ1) is 12.1. The summed E-state index contributed by atoms with van der Waals surface area (Å²) >= 11 is 0. The number of aryl methyl sites for hydroxylation is 1. The smallest absolute Gasteiger partial charge is 0.221 e. The van der Waals surface area contributed by atoms with Gasteiger partial charge in [0.15, 0.2) is 0 Å². The van der Waals surface area contributed by atoms with Gasteiger partial charge in [-0.1, -0.05) is 12.1 Å². The highest BCUT2D eigenvalue weighted by Gasteiger charge is 2.24. The van der Waals surface area contributed by atoms with Crippen molar-refractivity contribution in [3.63, 3.8) is 0 Å². The molecule has 25 heavy (non-hydrogen) atoms. The van der Waals surface area contributed by atoms with Crippen molar-refractivity contribution >= 4 is 11.6 Å². The third-order valence-electron chi connectivity index (χ3n) is 4.35. The molecule has 0 bridgehead atoms. The summed E-state index contributed by atoms with van der Waals surface area (Å²) in [4.78, 5) is 11.0. The van der Waals surface area contributed by atoms with E-state index in [1.807, 2.05) is 30.3 Å². The van der Waals surface area contributed by atoms with Gasteiger partial charge in [-0.15, -0.1) is 0 Å². The number of rotatable bonds is 8. The highest BCUT2D eigenvalue weighted by Crippen LogP contribution is 2.41. The van der Waals surface area contributed by atoms with E-state index in [2.05, 4.69) is 5.32 Å². The van der Waals surface area contributed by atoms with Gasteiger partial charge >= 0.3 is 0 Å². The molecule has 1 saturated carbocycles. The Morgan fingerprint density at radius 2 is 1.92 bits per heavy atom. The molecule has 0 saturated heterocycles. The maximum Gasteiger partial charge on any atom is 0.221 e. The average molecular weight is 341 g/mol. The first kappa shape index (κ1) is 17.5. The van der Waals surface area contributed by atoms with Crippen LogP contribution in [0.1, 0.15) is 49.7 Å². The van der Waals surface area contributed by atoms with Gasteiger partial charge in [0.2, 0.25) is 5.91 Å². The number of nitrogens with one attached hydrogen (secondary N) is 1. The van der Waals surface area contributed by atoms with Crippen LogP contribution in [-0.4, -0.2) is 12.5 Å². The van der Waals surface area contributed by atoms with Crippen LogP contribution < -0.4 is 10.1 Å². The lowest BCUT2D eigenvalue weighted by Crippen LogP contribution is -2.05. The van der Waals surface area contributed by atoms with Crippen LogP contribution in [0.2, 0.25) is 0 Å². The topological polar surface area (TPSA) is 38.3 Å². The molecule has 0 spiro atoms. The van der Waals surface area contributed by atoms with E-state index in [0.29, 0.717) is 18.3 Å². The lowest BCUT2D eigenvalue weighted by Gasteiger charge is -2.09. The third-order valence-corrected chi connectivity index (χ3v) is 4.35. The van der Waals surface area contributed by atoms with Crippen molar-refractivity contribution in [1.82, 2.24) is 0 Å². The zero-order valence-corrected chi connectivity index (χ0v) is 14.6. The molecule has 0 radical (unpaired) electrons. The van der Waals surface area contributed by atoms with Gasteiger partial charge in [0.25, 0.3) is 0 Å². The maximum absolute atomic E-state index is 13.6. The van der Waals surface area contributed by atoms with Crippen molar-refractivity contribution in [3.8, 4) is 5.75 Å². The van der Waals surface area contributed by atoms with Crippen molar-refractivity contribution in [3.05, 3.63) is 59.4 Å². The number of hydrogen-bond donors (Lipinski definition) is 1. The lowest BCUT2D eigenvalue weighted by molar-refractivity contribution is -0.114. The third kappa shape index (κ3) is 5.59. The van der Waals surface area contributed by atoms with E-state index < -0.39 is 0 Å². The molecule has 1 amide bonds. The summed E-state index contributed by atoms with van der Waals surface area (Å²) in [5, 5.41) is 2.76. The molecular formula is C21H24FNO2. The second kappa shape index (κ2) is 8.15. The summed E-state index contributed by atoms with van der Waals surface area (Å²) in [5.74, 6) is 0.894. The lowest BCUT2D eigenvalue weighted by atomic mass is 10.1. The maximum atomic E-state index is 13.6. The van der Waals surface area contributed by atoms with E-state index >= 15 is 0 Å². The molecule has 0 unspecified atom stereocenters. The van der Waals surface area contributed by atoms with Crippen LogP contribution in [0, 0.1) is 5.82 Å². The molecule has 132 valence electrons. The average Bonchev–Trinajstić information content (AvgIpc) is 3.40. The number of amides is 1. The van der Waals surface area contributed by atoms with Crippen LogP contribution in [0.25, 0.3) is 0 Å². The minimum Gasteiger partial charge on any atom is -0.493 e. The van der Waals surface area contributed by atoms with Crippen molar-refractivity contribution in [1.29, 1.82) is 0 Å². The van der Waals surface area contributed by atoms with Gasteiger partial charge < -0.3 is 10.1 Å². The van der Waals surface area contributed by atoms with Crippen molar-refractivity contribution < 1.29 is 13.9 Å². The molecule has 2 aromatic rings. The van der Waals surface area contributed by atoms with Crippen LogP contribution in [0.15, 0.2) is 42.5 Å². The van der Waals surface area contributed by atoms with Gasteiger partial charge in [0.1, 0.15) is 11.6 Å². The molecule has 0 atom stereocenters. The van der Waals surface area contributed by atoms with Gasteiger partial charge in [-0.25, -0.2) is 4.39 Å². The largest absolute Gasteiger partial charge is 0.493 e. The van der Waals surface area contributed by atoms with E-state index in [-0.39, 0.29) is 11.7 Å². The predicted octanol–water partition coefficient (Wildman–Crippen LogP) is 5.06. The standard InChI is InChI=1S/C21H24FNO2/c1-15(24)23-20-9-5-16(6-10-20)4-2-3-11-25-21-13-18(17-7-8-17)12-19(22)14-21/h5-6,9-10,12-14,17H,2-4,7-8,11H2,1H3,(H,23,24). The predicted molar refractivity (Wildman–Crippen MR) is 97.6 cm³/mol. The molecule has 0 heterocycles. The second-order valence-corrected chi connectivity index (χ2v) is 6.68. The highest BCUT2D eigenvalue weighted by atomic mass is 19.1. The molecule has 2 aromatic carbocycles. The zero-order valence-electron chi connectivity index (χ0n) is 14.6. The van der Waals surface area contributed by atoms with Gasteiger partial charge in [0, 0.05) is 18.7 Å². The molecule has 0 aliphatic heterocycles. The van der Waals surface area contributed by atoms with E-state index in [9.17, 15) is 9.18 Å². The van der Waals surface area contributed by atoms with Gasteiger partial charge in [0.05, 0.1) is 6.61 Å². The fourth-order valence-corrected chi connectivity index (χ4v) is 2.90. The van der Waals surface area contributed by atoms with E-state index in [4.69, 9.17) is 4.74 Å². The number of anilines is 1. The van der Waals surface area contributed by atoms with Crippen molar-refractivity contribution in [2.45, 2.75) is 44.9 Å². The summed E-state index contributed by atoms with van der Waals surface area (Å²) in [6.07, 6.45) is 5.19. The van der Waals surface area contributed by atoms with Gasteiger partial charge in [-0.2, -0.15) is 0 Å². The van der Waals surface area contributed by atoms with Crippen LogP contribution in [0.3, 0.4) is 0 Å². The summed E-state index contributed by atoms with van der Waals surface area (Å²) in [6, 6.07) is 12.9. The molecular weight excluding hydrogens is 317 g/mol. The minimum absolute atomic E-state index is 0.0629. The van der Waals surface area contributed by atoms with E-state index in [1.165, 1.54) is 18.6 Å². The number of hydrogen-bond acceptors (Lipinski definition) is 2. The molecule has 0 aromatic heterocycles. The quantitative estimate of drug-likeness (QED) is 0.681. The van der Waals surface area contributed by atoms with Gasteiger partial charge in [-0.3, -0.25) is 4.79 Å². The summed E-state index contributed by atoms with van der Waals surface area (Å²) < 4.78 is 19.3. The highest BCUT2D eigenvalue weighted by molar-refractivity contribution is 5.88. The Kier molecular flexibility index (Phi) is 5.69. The van der Waals surface area contributed by atoms with Gasteiger partial charge in [-0.05, 0) is 73.4 Å². The minimum atomic E-state index is -0.210. The van der Waals surface area contributed by atoms with Crippen molar-refractivity contribution in [2.24, 2.45) is 0 Å². The Morgan fingerprint density at radius 1 is 1.16 bits per heavy atom. The van der Waals surface area contributed by atoms with E-state index in [1.54, 1.807) is 6.07 Å². The van der Waals surface area contributed by atoms with Crippen LogP contribution in [0.4, 0.5) is 10.1 Å². The number of carbonyl (C=O) groups is 1. The molecule has 4 heteroatoms. The fourth-order valence-electron chi connectivity index (χ4n) is 2.90. The summed E-state index contributed by atoms with van der Waals surface area (Å²) in [5.41, 5.74) is 3.11. The van der Waals surface area contributed by atoms with Crippen LogP contribution in [-0.2, 0) is 11.2 Å². The Morgan fingerprint density at radius 3 is 2.60 bits per heavy atom. The molecule has 1 aliphatic carbocycles. The molecule has 3 nitrogen and oxygen atoms in total. The normalized spacial score (nSPS) is 13.5. The van der Waals surface area contributed by atoms with Crippen LogP contribution >= 0.6 is 0 Å². The molecule has 3 rings (SSSR count). The number of ether oxygens (including phenoxy) is 1. The number of carbonyl (C=O) groups excluding carboxylic acids is 1. The number of halogens is 1. The molecule has 1 N–H and O–H groups in total. The number of unbranched alkanes of at least 4 members (excludes halogenated alkanes) is 1. The fraction of sp³-hybridized carbons (Fsp3) is 0.381.